The van der Waals surface area contributed by atoms with E-state index in [4.69, 9.17) is 4.74 Å². The molecule has 3 aromatic heterocycles. The Bertz CT molecular complexity index is 674. The number of ether oxygens (including phenoxy) is 1. The highest BCUT2D eigenvalue weighted by Gasteiger charge is 2.11. The summed E-state index contributed by atoms with van der Waals surface area (Å²) < 4.78 is 8.48. The molecule has 0 amide bonds. The van der Waals surface area contributed by atoms with Gasteiger partial charge < -0.3 is 4.74 Å². The first kappa shape index (κ1) is 10.8. The van der Waals surface area contributed by atoms with Gasteiger partial charge in [-0.15, -0.1) is 11.3 Å². The molecule has 0 aliphatic rings. The number of halogens is 1. The van der Waals surface area contributed by atoms with Crippen molar-refractivity contribution in [2.45, 2.75) is 0 Å². The average Bonchev–Trinajstić information content (AvgIpc) is 2.94. The lowest BCUT2D eigenvalue weighted by atomic mass is 10.4. The van der Waals surface area contributed by atoms with Crippen molar-refractivity contribution in [1.82, 2.24) is 9.38 Å². The number of aromatic nitrogens is 2. The molecular formula is C12H9BrN2OS. The van der Waals surface area contributed by atoms with Gasteiger partial charge in [-0.2, -0.15) is 0 Å². The summed E-state index contributed by atoms with van der Waals surface area (Å²) in [6.45, 7) is 0. The van der Waals surface area contributed by atoms with Gasteiger partial charge in [0.1, 0.15) is 0 Å². The fourth-order valence-corrected chi connectivity index (χ4v) is 3.16. The van der Waals surface area contributed by atoms with Crippen LogP contribution in [0.1, 0.15) is 0 Å². The zero-order valence-electron chi connectivity index (χ0n) is 9.05. The van der Waals surface area contributed by atoms with E-state index in [1.807, 2.05) is 34.9 Å². The quantitative estimate of drug-likeness (QED) is 0.719. The Hall–Kier alpha value is -1.33. The second kappa shape index (κ2) is 4.16. The number of hydrogen-bond donors (Lipinski definition) is 0. The Morgan fingerprint density at radius 2 is 2.18 bits per heavy atom. The summed E-state index contributed by atoms with van der Waals surface area (Å²) in [6, 6.07) is 9.99. The molecule has 0 bridgehead atoms. The highest BCUT2D eigenvalue weighted by atomic mass is 79.9. The molecule has 3 nitrogen and oxygen atoms in total. The first-order valence-corrected chi connectivity index (χ1v) is 6.67. The maximum Gasteiger partial charge on any atom is 0.199 e. The van der Waals surface area contributed by atoms with Gasteiger partial charge in [-0.1, -0.05) is 6.07 Å². The summed E-state index contributed by atoms with van der Waals surface area (Å²) in [4.78, 5) is 5.57. The number of methoxy groups -OCH3 is 1. The van der Waals surface area contributed by atoms with E-state index in [9.17, 15) is 0 Å². The highest BCUT2D eigenvalue weighted by Crippen LogP contribution is 2.32. The maximum atomic E-state index is 5.37. The molecule has 86 valence electrons. The van der Waals surface area contributed by atoms with Crippen LogP contribution in [0.25, 0.3) is 16.2 Å². The van der Waals surface area contributed by atoms with Crippen molar-refractivity contribution < 1.29 is 4.74 Å². The minimum Gasteiger partial charge on any atom is -0.482 e. The van der Waals surface area contributed by atoms with E-state index in [0.29, 0.717) is 0 Å². The molecule has 0 N–H and O–H groups in total. The molecular weight excluding hydrogens is 300 g/mol. The van der Waals surface area contributed by atoms with Gasteiger partial charge in [0.05, 0.1) is 27.5 Å². The van der Waals surface area contributed by atoms with Gasteiger partial charge in [0.15, 0.2) is 11.7 Å². The first-order chi connectivity index (χ1) is 8.29. The van der Waals surface area contributed by atoms with E-state index in [1.165, 1.54) is 0 Å². The molecule has 0 saturated carbocycles. The van der Waals surface area contributed by atoms with E-state index >= 15 is 0 Å². The van der Waals surface area contributed by atoms with E-state index in [0.717, 1.165) is 25.9 Å². The van der Waals surface area contributed by atoms with Crippen molar-refractivity contribution in [2.24, 2.45) is 0 Å². The number of hydrogen-bond acceptors (Lipinski definition) is 3. The predicted octanol–water partition coefficient (Wildman–Crippen LogP) is 3.83. The van der Waals surface area contributed by atoms with Crippen LogP contribution < -0.4 is 4.74 Å². The molecule has 0 aromatic carbocycles. The second-order valence-corrected chi connectivity index (χ2v) is 5.98. The molecule has 0 radical (unpaired) electrons. The maximum absolute atomic E-state index is 5.37. The number of pyridine rings is 1. The van der Waals surface area contributed by atoms with Crippen molar-refractivity contribution in [2.75, 3.05) is 7.11 Å². The Morgan fingerprint density at radius 1 is 1.29 bits per heavy atom. The number of nitrogens with zero attached hydrogens (tertiary/aromatic N) is 2. The Kier molecular flexibility index (Phi) is 2.64. The van der Waals surface area contributed by atoms with Crippen LogP contribution in [0.5, 0.6) is 5.88 Å². The van der Waals surface area contributed by atoms with Crippen LogP contribution in [-0.4, -0.2) is 16.5 Å². The summed E-state index contributed by atoms with van der Waals surface area (Å²) >= 11 is 5.12. The molecule has 0 aliphatic carbocycles. The van der Waals surface area contributed by atoms with Crippen molar-refractivity contribution in [1.29, 1.82) is 0 Å². The van der Waals surface area contributed by atoms with Crippen LogP contribution >= 0.6 is 27.3 Å². The van der Waals surface area contributed by atoms with Crippen LogP contribution in [0.2, 0.25) is 0 Å². The third-order valence-corrected chi connectivity index (χ3v) is 4.14. The summed E-state index contributed by atoms with van der Waals surface area (Å²) in [7, 11) is 1.67. The Morgan fingerprint density at radius 3 is 2.88 bits per heavy atom. The van der Waals surface area contributed by atoms with Crippen LogP contribution in [0, 0.1) is 0 Å². The molecule has 3 heterocycles. The summed E-state index contributed by atoms with van der Waals surface area (Å²) in [5.41, 5.74) is 1.03. The van der Waals surface area contributed by atoms with Crippen molar-refractivity contribution in [3.05, 3.63) is 40.3 Å². The molecule has 0 spiro atoms. The van der Waals surface area contributed by atoms with E-state index in [-0.39, 0.29) is 0 Å². The lowest BCUT2D eigenvalue weighted by Crippen LogP contribution is -1.94. The molecule has 0 atom stereocenters. The summed E-state index contributed by atoms with van der Waals surface area (Å²) in [5.74, 6) is 1.70. The molecule has 0 fully saturated rings. The van der Waals surface area contributed by atoms with E-state index in [2.05, 4.69) is 27.0 Å². The fourth-order valence-electron chi connectivity index (χ4n) is 1.79. The largest absolute Gasteiger partial charge is 0.482 e. The van der Waals surface area contributed by atoms with E-state index < -0.39 is 0 Å². The van der Waals surface area contributed by atoms with Gasteiger partial charge in [0, 0.05) is 0 Å². The normalized spacial score (nSPS) is 10.9. The summed E-state index contributed by atoms with van der Waals surface area (Å²) in [6.07, 6.45) is 1.85. The number of fused-ring (bicyclic) bond motifs is 1. The van der Waals surface area contributed by atoms with Crippen LogP contribution in [0.4, 0.5) is 0 Å². The van der Waals surface area contributed by atoms with Gasteiger partial charge in [0.25, 0.3) is 0 Å². The van der Waals surface area contributed by atoms with Crippen LogP contribution in [0.3, 0.4) is 0 Å². The lowest BCUT2D eigenvalue weighted by molar-refractivity contribution is 0.393. The molecule has 0 aliphatic heterocycles. The minimum atomic E-state index is 0.791. The first-order valence-electron chi connectivity index (χ1n) is 5.06. The van der Waals surface area contributed by atoms with Gasteiger partial charge in [-0.3, -0.25) is 4.40 Å². The monoisotopic (exact) mass is 308 g/mol. The number of imidazole rings is 1. The van der Waals surface area contributed by atoms with Gasteiger partial charge in [-0.05, 0) is 40.2 Å². The standard InChI is InChI=1S/C12H9BrN2OS/c1-16-11-4-2-3-8-7-14-12(15(8)11)9-5-6-10(13)17-9/h2-7H,1H3. The average molecular weight is 309 g/mol. The fraction of sp³-hybridized carbons (Fsp3) is 0.0833. The van der Waals surface area contributed by atoms with Crippen molar-refractivity contribution in [3.8, 4) is 16.6 Å². The van der Waals surface area contributed by atoms with Crippen LogP contribution in [-0.2, 0) is 0 Å². The molecule has 17 heavy (non-hydrogen) atoms. The summed E-state index contributed by atoms with van der Waals surface area (Å²) in [5, 5.41) is 0. The zero-order chi connectivity index (χ0) is 11.8. The van der Waals surface area contributed by atoms with Gasteiger partial charge >= 0.3 is 0 Å². The third-order valence-electron chi connectivity index (χ3n) is 2.52. The third kappa shape index (κ3) is 1.75. The minimum absolute atomic E-state index is 0.791. The second-order valence-electron chi connectivity index (χ2n) is 3.51. The smallest absolute Gasteiger partial charge is 0.199 e. The Labute approximate surface area is 111 Å². The topological polar surface area (TPSA) is 26.5 Å². The lowest BCUT2D eigenvalue weighted by Gasteiger charge is -2.05. The Balaban J connectivity index is 2.30. The molecule has 0 unspecified atom stereocenters. The SMILES string of the molecule is COc1cccc2cnc(-c3ccc(Br)s3)n12. The highest BCUT2D eigenvalue weighted by molar-refractivity contribution is 9.11. The molecule has 0 saturated heterocycles. The van der Waals surface area contributed by atoms with Crippen molar-refractivity contribution >= 4 is 32.8 Å². The van der Waals surface area contributed by atoms with Gasteiger partial charge in [0.2, 0.25) is 0 Å². The number of thiophene rings is 1. The molecule has 3 rings (SSSR count). The number of rotatable bonds is 2. The molecule has 3 aromatic rings. The molecule has 5 heteroatoms. The predicted molar refractivity (Wildman–Crippen MR) is 72.8 cm³/mol. The van der Waals surface area contributed by atoms with Crippen molar-refractivity contribution in [3.63, 3.8) is 0 Å². The van der Waals surface area contributed by atoms with Crippen LogP contribution in [0.15, 0.2) is 40.3 Å². The van der Waals surface area contributed by atoms with Gasteiger partial charge in [-0.25, -0.2) is 4.98 Å². The van der Waals surface area contributed by atoms with E-state index in [1.54, 1.807) is 18.4 Å². The zero-order valence-corrected chi connectivity index (χ0v) is 11.5.